The minimum Gasteiger partial charge on any atom is -0.496 e. The summed E-state index contributed by atoms with van der Waals surface area (Å²) < 4.78 is 10.8. The molecule has 0 aliphatic carbocycles. The van der Waals surface area contributed by atoms with Gasteiger partial charge in [0.1, 0.15) is 18.1 Å². The van der Waals surface area contributed by atoms with Crippen molar-refractivity contribution < 1.29 is 24.3 Å². The van der Waals surface area contributed by atoms with E-state index in [0.29, 0.717) is 29.2 Å². The molecule has 0 bridgehead atoms. The Bertz CT molecular complexity index is 816. The van der Waals surface area contributed by atoms with Gasteiger partial charge in [-0.1, -0.05) is 18.2 Å². The van der Waals surface area contributed by atoms with Crippen LogP contribution in [0.25, 0.3) is 6.08 Å². The van der Waals surface area contributed by atoms with Gasteiger partial charge in [-0.05, 0) is 43.3 Å². The number of nitrogens with one attached hydrogen (secondary N) is 2. The minimum atomic E-state index is -0.593. The number of benzene rings is 2. The molecule has 2 aromatic rings. The Hall–Kier alpha value is -3.32. The normalized spacial score (nSPS) is 10.5. The molecule has 0 aromatic heterocycles. The second-order valence-corrected chi connectivity index (χ2v) is 5.53. The zero-order valence-corrected chi connectivity index (χ0v) is 15.2. The topological polar surface area (TPSA) is 96.9 Å². The Morgan fingerprint density at radius 3 is 2.41 bits per heavy atom. The molecule has 0 radical (unpaired) electrons. The van der Waals surface area contributed by atoms with E-state index in [4.69, 9.17) is 14.7 Å². The van der Waals surface area contributed by atoms with Crippen LogP contribution in [0.3, 0.4) is 0 Å². The van der Waals surface area contributed by atoms with Gasteiger partial charge in [-0.25, -0.2) is 5.48 Å². The molecule has 27 heavy (non-hydrogen) atoms. The lowest BCUT2D eigenvalue weighted by Gasteiger charge is -2.10. The molecular weight excluding hydrogens is 348 g/mol. The van der Waals surface area contributed by atoms with Crippen LogP contribution in [0.4, 0.5) is 0 Å². The van der Waals surface area contributed by atoms with Gasteiger partial charge in [0.2, 0.25) is 0 Å². The maximum atomic E-state index is 12.2. The number of hydrogen-bond acceptors (Lipinski definition) is 5. The zero-order chi connectivity index (χ0) is 19.6. The van der Waals surface area contributed by atoms with Crippen molar-refractivity contribution in [3.05, 3.63) is 65.2 Å². The van der Waals surface area contributed by atoms with Crippen molar-refractivity contribution in [1.29, 1.82) is 0 Å². The molecule has 3 N–H and O–H groups in total. The fourth-order valence-electron chi connectivity index (χ4n) is 2.37. The van der Waals surface area contributed by atoms with Gasteiger partial charge < -0.3 is 14.8 Å². The first kappa shape index (κ1) is 20.0. The molecule has 2 amide bonds. The Labute approximate surface area is 157 Å². The van der Waals surface area contributed by atoms with Crippen molar-refractivity contribution in [2.24, 2.45) is 0 Å². The predicted molar refractivity (Wildman–Crippen MR) is 101 cm³/mol. The van der Waals surface area contributed by atoms with Crippen LogP contribution in [0, 0.1) is 0 Å². The summed E-state index contributed by atoms with van der Waals surface area (Å²) >= 11 is 0. The fourth-order valence-corrected chi connectivity index (χ4v) is 2.37. The number of hydroxylamine groups is 1. The van der Waals surface area contributed by atoms with Gasteiger partial charge in [0.15, 0.2) is 0 Å². The van der Waals surface area contributed by atoms with Gasteiger partial charge >= 0.3 is 0 Å². The molecule has 0 aliphatic heterocycles. The van der Waals surface area contributed by atoms with Crippen molar-refractivity contribution in [3.8, 4) is 11.5 Å². The summed E-state index contributed by atoms with van der Waals surface area (Å²) in [6.45, 7) is 2.50. The Balaban J connectivity index is 1.84. The van der Waals surface area contributed by atoms with Crippen LogP contribution < -0.4 is 20.3 Å². The first-order valence-corrected chi connectivity index (χ1v) is 8.35. The van der Waals surface area contributed by atoms with Gasteiger partial charge in [0, 0.05) is 16.7 Å². The lowest BCUT2D eigenvalue weighted by molar-refractivity contribution is 0.0706. The largest absolute Gasteiger partial charge is 0.496 e. The summed E-state index contributed by atoms with van der Waals surface area (Å²) in [4.78, 5) is 23.5. The summed E-state index contributed by atoms with van der Waals surface area (Å²) in [7, 11) is 1.56. The van der Waals surface area contributed by atoms with E-state index in [9.17, 15) is 9.59 Å². The molecule has 2 aromatic carbocycles. The molecule has 0 aliphatic rings. The van der Waals surface area contributed by atoms with E-state index in [2.05, 4.69) is 5.32 Å². The van der Waals surface area contributed by atoms with Gasteiger partial charge in [0.05, 0.1) is 13.7 Å². The highest BCUT2D eigenvalue weighted by Crippen LogP contribution is 2.21. The van der Waals surface area contributed by atoms with Crippen molar-refractivity contribution in [3.63, 3.8) is 0 Å². The first-order valence-electron chi connectivity index (χ1n) is 8.35. The molecule has 0 unspecified atom stereocenters. The molecule has 0 saturated carbocycles. The van der Waals surface area contributed by atoms with Crippen LogP contribution in [-0.4, -0.2) is 37.3 Å². The van der Waals surface area contributed by atoms with Crippen LogP contribution in [0.15, 0.2) is 48.5 Å². The molecule has 0 fully saturated rings. The maximum Gasteiger partial charge on any atom is 0.274 e. The average Bonchev–Trinajstić information content (AvgIpc) is 2.71. The van der Waals surface area contributed by atoms with Crippen molar-refractivity contribution >= 4 is 17.9 Å². The SMILES string of the molecule is C/C=C/c1ccc(C(=O)NCCOc2ccc(C(=O)NO)cc2)cc1OC. The number of carbonyl (C=O) groups excluding carboxylic acids is 2. The van der Waals surface area contributed by atoms with Crippen LogP contribution in [0.1, 0.15) is 33.2 Å². The van der Waals surface area contributed by atoms with E-state index in [1.54, 1.807) is 36.9 Å². The Morgan fingerprint density at radius 2 is 1.78 bits per heavy atom. The first-order chi connectivity index (χ1) is 13.1. The number of ether oxygens (including phenoxy) is 2. The molecule has 0 saturated heterocycles. The highest BCUT2D eigenvalue weighted by Gasteiger charge is 2.09. The van der Waals surface area contributed by atoms with Crippen LogP contribution in [0.2, 0.25) is 0 Å². The molecule has 0 atom stereocenters. The smallest absolute Gasteiger partial charge is 0.274 e. The summed E-state index contributed by atoms with van der Waals surface area (Å²) in [5.41, 5.74) is 3.27. The maximum absolute atomic E-state index is 12.2. The van der Waals surface area contributed by atoms with E-state index < -0.39 is 5.91 Å². The van der Waals surface area contributed by atoms with E-state index in [-0.39, 0.29) is 12.5 Å². The fraction of sp³-hybridized carbons (Fsp3) is 0.200. The number of carbonyl (C=O) groups is 2. The van der Waals surface area contributed by atoms with Gasteiger partial charge in [0.25, 0.3) is 11.8 Å². The number of methoxy groups -OCH3 is 1. The van der Waals surface area contributed by atoms with Crippen LogP contribution in [-0.2, 0) is 0 Å². The van der Waals surface area contributed by atoms with Gasteiger partial charge in [-0.15, -0.1) is 0 Å². The monoisotopic (exact) mass is 370 g/mol. The minimum absolute atomic E-state index is 0.223. The molecule has 142 valence electrons. The van der Waals surface area contributed by atoms with E-state index >= 15 is 0 Å². The zero-order valence-electron chi connectivity index (χ0n) is 15.2. The molecule has 0 spiro atoms. The van der Waals surface area contributed by atoms with Gasteiger partial charge in [-0.3, -0.25) is 14.8 Å². The van der Waals surface area contributed by atoms with E-state index in [0.717, 1.165) is 5.56 Å². The number of rotatable bonds is 8. The summed E-state index contributed by atoms with van der Waals surface area (Å²) in [6.07, 6.45) is 3.81. The highest BCUT2D eigenvalue weighted by molar-refractivity contribution is 5.95. The van der Waals surface area contributed by atoms with E-state index in [1.165, 1.54) is 12.1 Å². The predicted octanol–water partition coefficient (Wildman–Crippen LogP) is 2.66. The van der Waals surface area contributed by atoms with E-state index in [1.807, 2.05) is 25.1 Å². The number of allylic oxidation sites excluding steroid dienone is 1. The van der Waals surface area contributed by atoms with Crippen molar-refractivity contribution in [2.75, 3.05) is 20.3 Å². The third kappa shape index (κ3) is 5.58. The lowest BCUT2D eigenvalue weighted by Crippen LogP contribution is -2.28. The highest BCUT2D eigenvalue weighted by atomic mass is 16.5. The standard InChI is InChI=1S/C20H22N2O5/c1-3-4-14-5-6-16(13-18(14)26-2)19(23)21-11-12-27-17-9-7-15(8-10-17)20(24)22-25/h3-10,13,25H,11-12H2,1-2H3,(H,21,23)(H,22,24)/b4-3+. The van der Waals surface area contributed by atoms with Crippen LogP contribution in [0.5, 0.6) is 11.5 Å². The quantitative estimate of drug-likeness (QED) is 0.377. The van der Waals surface area contributed by atoms with Gasteiger partial charge in [-0.2, -0.15) is 0 Å². The lowest BCUT2D eigenvalue weighted by atomic mass is 10.1. The summed E-state index contributed by atoms with van der Waals surface area (Å²) in [5, 5.41) is 11.3. The molecule has 2 rings (SSSR count). The summed E-state index contributed by atoms with van der Waals surface area (Å²) in [6, 6.07) is 11.5. The molecule has 7 nitrogen and oxygen atoms in total. The summed E-state index contributed by atoms with van der Waals surface area (Å²) in [5.74, 6) is 0.365. The van der Waals surface area contributed by atoms with Crippen molar-refractivity contribution in [2.45, 2.75) is 6.92 Å². The molecule has 0 heterocycles. The second-order valence-electron chi connectivity index (χ2n) is 5.53. The Morgan fingerprint density at radius 1 is 1.07 bits per heavy atom. The molecule has 7 heteroatoms. The third-order valence-electron chi connectivity index (χ3n) is 3.72. The second kappa shape index (κ2) is 9.98. The third-order valence-corrected chi connectivity index (χ3v) is 3.72. The number of hydrogen-bond donors (Lipinski definition) is 3. The Kier molecular flexibility index (Phi) is 7.39. The molecular formula is C20H22N2O5. The number of amides is 2. The average molecular weight is 370 g/mol. The van der Waals surface area contributed by atoms with Crippen molar-refractivity contribution in [1.82, 2.24) is 10.8 Å². The van der Waals surface area contributed by atoms with Crippen LogP contribution >= 0.6 is 0 Å².